The molecule has 0 aromatic heterocycles. The standard InChI is InChI=1S/C18H27N3O4/c1-18(24-2)5-7-20(8-6-18)14-9-13(10-15(11-14)21(22)23)12-25-17-4-3-16(17)19/h9-11,16-17H,3-8,12,19H2,1-2H3/t16-,17-/m1/s1. The third-order valence-corrected chi connectivity index (χ3v) is 5.58. The van der Waals surface area contributed by atoms with E-state index in [0.717, 1.165) is 50.0 Å². The zero-order chi connectivity index (χ0) is 18.0. The Bertz CT molecular complexity index is 629. The summed E-state index contributed by atoms with van der Waals surface area (Å²) >= 11 is 0. The lowest BCUT2D eigenvalue weighted by Crippen LogP contribution is -2.45. The summed E-state index contributed by atoms with van der Waals surface area (Å²) in [7, 11) is 1.74. The van der Waals surface area contributed by atoms with Crippen molar-refractivity contribution in [2.24, 2.45) is 5.73 Å². The molecule has 0 radical (unpaired) electrons. The van der Waals surface area contributed by atoms with Crippen LogP contribution in [0.5, 0.6) is 0 Å². The van der Waals surface area contributed by atoms with Crippen LogP contribution < -0.4 is 10.6 Å². The van der Waals surface area contributed by atoms with Gasteiger partial charge in [0.2, 0.25) is 0 Å². The fraction of sp³-hybridized carbons (Fsp3) is 0.667. The van der Waals surface area contributed by atoms with Crippen LogP contribution in [0.3, 0.4) is 0 Å². The summed E-state index contributed by atoms with van der Waals surface area (Å²) in [5.74, 6) is 0. The topological polar surface area (TPSA) is 90.9 Å². The Kier molecular flexibility index (Phi) is 5.27. The molecule has 1 aromatic carbocycles. The van der Waals surface area contributed by atoms with Gasteiger partial charge in [-0.1, -0.05) is 0 Å². The average molecular weight is 349 g/mol. The lowest BCUT2D eigenvalue weighted by Gasteiger charge is -2.39. The summed E-state index contributed by atoms with van der Waals surface area (Å²) in [6.07, 6.45) is 3.81. The Labute approximate surface area is 148 Å². The number of ether oxygens (including phenoxy) is 2. The van der Waals surface area contributed by atoms with Crippen molar-refractivity contribution in [2.75, 3.05) is 25.1 Å². The highest BCUT2D eigenvalue weighted by molar-refractivity contribution is 5.56. The van der Waals surface area contributed by atoms with Crippen molar-refractivity contribution in [1.29, 1.82) is 0 Å². The second kappa shape index (κ2) is 7.27. The lowest BCUT2D eigenvalue weighted by atomic mass is 9.90. The van der Waals surface area contributed by atoms with E-state index in [1.165, 1.54) is 0 Å². The molecule has 0 amide bonds. The number of nitro benzene ring substituents is 1. The van der Waals surface area contributed by atoms with Gasteiger partial charge >= 0.3 is 0 Å². The zero-order valence-electron chi connectivity index (χ0n) is 14.9. The maximum atomic E-state index is 11.3. The van der Waals surface area contributed by atoms with Crippen molar-refractivity contribution in [1.82, 2.24) is 0 Å². The van der Waals surface area contributed by atoms with Crippen molar-refractivity contribution in [2.45, 2.75) is 57.0 Å². The minimum atomic E-state index is -0.342. The molecule has 2 N–H and O–H groups in total. The van der Waals surface area contributed by atoms with E-state index in [1.807, 2.05) is 6.07 Å². The molecule has 2 atom stereocenters. The molecule has 2 aliphatic rings. The highest BCUT2D eigenvalue weighted by Gasteiger charge is 2.31. The number of methoxy groups -OCH3 is 1. The Morgan fingerprint density at radius 3 is 2.56 bits per heavy atom. The maximum Gasteiger partial charge on any atom is 0.271 e. The average Bonchev–Trinajstić information content (AvgIpc) is 2.61. The minimum Gasteiger partial charge on any atom is -0.378 e. The van der Waals surface area contributed by atoms with Gasteiger partial charge in [0.05, 0.1) is 23.2 Å². The van der Waals surface area contributed by atoms with Crippen LogP contribution in [0.4, 0.5) is 11.4 Å². The van der Waals surface area contributed by atoms with E-state index in [4.69, 9.17) is 15.2 Å². The third kappa shape index (κ3) is 4.11. The number of hydrogen-bond acceptors (Lipinski definition) is 6. The van der Waals surface area contributed by atoms with E-state index in [0.29, 0.717) is 6.61 Å². The monoisotopic (exact) mass is 349 g/mol. The van der Waals surface area contributed by atoms with E-state index in [9.17, 15) is 10.1 Å². The molecule has 0 spiro atoms. The second-order valence-electron chi connectivity index (χ2n) is 7.35. The number of piperidine rings is 1. The molecule has 1 heterocycles. The highest BCUT2D eigenvalue weighted by atomic mass is 16.6. The normalized spacial score (nSPS) is 25.5. The van der Waals surface area contributed by atoms with E-state index in [-0.39, 0.29) is 28.4 Å². The number of nitrogens with two attached hydrogens (primary N) is 1. The number of nitrogens with zero attached hydrogens (tertiary/aromatic N) is 2. The minimum absolute atomic E-state index is 0.0695. The van der Waals surface area contributed by atoms with Crippen LogP contribution in [-0.2, 0) is 16.1 Å². The first kappa shape index (κ1) is 18.1. The Hall–Kier alpha value is -1.70. The van der Waals surface area contributed by atoms with Gasteiger partial charge in [0.1, 0.15) is 0 Å². The van der Waals surface area contributed by atoms with Gasteiger partial charge in [-0.3, -0.25) is 10.1 Å². The van der Waals surface area contributed by atoms with Crippen molar-refractivity contribution >= 4 is 11.4 Å². The van der Waals surface area contributed by atoms with Gasteiger partial charge in [0, 0.05) is 44.1 Å². The molecule has 2 fully saturated rings. The lowest BCUT2D eigenvalue weighted by molar-refractivity contribution is -0.384. The van der Waals surface area contributed by atoms with Gasteiger partial charge in [0.25, 0.3) is 5.69 Å². The SMILES string of the molecule is COC1(C)CCN(c2cc(CO[C@@H]3CC[C@H]3N)cc([N+](=O)[O-])c2)CC1. The molecule has 0 unspecified atom stereocenters. The fourth-order valence-electron chi connectivity index (χ4n) is 3.38. The Morgan fingerprint density at radius 2 is 2.04 bits per heavy atom. The van der Waals surface area contributed by atoms with Gasteiger partial charge in [0.15, 0.2) is 0 Å². The Balaban J connectivity index is 1.73. The van der Waals surface area contributed by atoms with Crippen LogP contribution in [0.2, 0.25) is 0 Å². The van der Waals surface area contributed by atoms with Crippen molar-refractivity contribution in [3.05, 3.63) is 33.9 Å². The predicted molar refractivity (Wildman–Crippen MR) is 95.7 cm³/mol. The summed E-state index contributed by atoms with van der Waals surface area (Å²) in [6.45, 7) is 4.11. The molecule has 1 saturated heterocycles. The largest absolute Gasteiger partial charge is 0.378 e. The number of non-ortho nitro benzene ring substituents is 1. The molecule has 1 saturated carbocycles. The van der Waals surface area contributed by atoms with Crippen LogP contribution in [0.15, 0.2) is 18.2 Å². The third-order valence-electron chi connectivity index (χ3n) is 5.58. The van der Waals surface area contributed by atoms with E-state index < -0.39 is 0 Å². The van der Waals surface area contributed by atoms with Crippen LogP contribution in [0.25, 0.3) is 0 Å². The Morgan fingerprint density at radius 1 is 1.32 bits per heavy atom. The predicted octanol–water partition coefficient (Wildman–Crippen LogP) is 2.61. The first-order valence-corrected chi connectivity index (χ1v) is 8.86. The quantitative estimate of drug-likeness (QED) is 0.627. The smallest absolute Gasteiger partial charge is 0.271 e. The number of benzene rings is 1. The molecule has 1 aromatic rings. The van der Waals surface area contributed by atoms with Crippen molar-refractivity contribution < 1.29 is 14.4 Å². The van der Waals surface area contributed by atoms with Gasteiger partial charge in [-0.25, -0.2) is 0 Å². The first-order chi connectivity index (χ1) is 11.9. The molecule has 138 valence electrons. The second-order valence-corrected chi connectivity index (χ2v) is 7.35. The van der Waals surface area contributed by atoms with Crippen LogP contribution in [0.1, 0.15) is 38.2 Å². The zero-order valence-corrected chi connectivity index (χ0v) is 14.9. The molecule has 0 bridgehead atoms. The summed E-state index contributed by atoms with van der Waals surface area (Å²) in [4.78, 5) is 13.1. The molecule has 1 aliphatic heterocycles. The molecule has 1 aliphatic carbocycles. The number of rotatable bonds is 6. The summed E-state index contributed by atoms with van der Waals surface area (Å²) in [6, 6.07) is 5.32. The summed E-state index contributed by atoms with van der Waals surface area (Å²) < 4.78 is 11.4. The fourth-order valence-corrected chi connectivity index (χ4v) is 3.38. The van der Waals surface area contributed by atoms with Crippen molar-refractivity contribution in [3.8, 4) is 0 Å². The van der Waals surface area contributed by atoms with Gasteiger partial charge in [-0.05, 0) is 44.2 Å². The first-order valence-electron chi connectivity index (χ1n) is 8.86. The van der Waals surface area contributed by atoms with Crippen molar-refractivity contribution in [3.63, 3.8) is 0 Å². The summed E-state index contributed by atoms with van der Waals surface area (Å²) in [5, 5.41) is 11.3. The molecule has 7 heteroatoms. The van der Waals surface area contributed by atoms with Crippen LogP contribution >= 0.6 is 0 Å². The molecule has 7 nitrogen and oxygen atoms in total. The van der Waals surface area contributed by atoms with Gasteiger partial charge in [-0.15, -0.1) is 0 Å². The van der Waals surface area contributed by atoms with Gasteiger partial charge < -0.3 is 20.1 Å². The molecular weight excluding hydrogens is 322 g/mol. The molecule has 3 rings (SSSR count). The van der Waals surface area contributed by atoms with E-state index in [2.05, 4.69) is 11.8 Å². The van der Waals surface area contributed by atoms with Crippen LogP contribution in [-0.4, -0.2) is 42.9 Å². The number of hydrogen-bond donors (Lipinski definition) is 1. The molecule has 25 heavy (non-hydrogen) atoms. The van der Waals surface area contributed by atoms with Crippen LogP contribution in [0, 0.1) is 10.1 Å². The van der Waals surface area contributed by atoms with E-state index >= 15 is 0 Å². The number of nitro groups is 1. The number of anilines is 1. The maximum absolute atomic E-state index is 11.3. The van der Waals surface area contributed by atoms with E-state index in [1.54, 1.807) is 19.2 Å². The highest BCUT2D eigenvalue weighted by Crippen LogP contribution is 2.32. The molecular formula is C18H27N3O4. The summed E-state index contributed by atoms with van der Waals surface area (Å²) in [5.41, 5.74) is 7.60. The van der Waals surface area contributed by atoms with Gasteiger partial charge in [-0.2, -0.15) is 0 Å².